The Morgan fingerprint density at radius 1 is 1.03 bits per heavy atom. The Morgan fingerprint density at radius 3 is 2.34 bits per heavy atom. The van der Waals surface area contributed by atoms with E-state index in [2.05, 4.69) is 37.1 Å². The molecular formula is C23H31FN8O2S. The van der Waals surface area contributed by atoms with Gasteiger partial charge in [-0.05, 0) is 37.7 Å². The fourth-order valence-corrected chi connectivity index (χ4v) is 5.86. The minimum absolute atomic E-state index is 0.0242. The van der Waals surface area contributed by atoms with E-state index in [4.69, 9.17) is 0 Å². The van der Waals surface area contributed by atoms with Crippen molar-refractivity contribution >= 4 is 32.8 Å². The average Bonchev–Trinajstić information content (AvgIpc) is 3.21. The topological polar surface area (TPSA) is 109 Å². The quantitative estimate of drug-likeness (QED) is 0.548. The molecule has 3 aromatic heterocycles. The zero-order valence-corrected chi connectivity index (χ0v) is 20.9. The molecule has 0 amide bonds. The molecule has 0 unspecified atom stereocenters. The molecule has 2 fully saturated rings. The molecule has 0 atom stereocenters. The van der Waals surface area contributed by atoms with Gasteiger partial charge in [-0.15, -0.1) is 0 Å². The average molecular weight is 503 g/mol. The number of hydrogen-bond acceptors (Lipinski definition) is 8. The van der Waals surface area contributed by atoms with Gasteiger partial charge in [0.05, 0.1) is 11.6 Å². The third-order valence-corrected chi connectivity index (χ3v) is 8.37. The van der Waals surface area contributed by atoms with Crippen molar-refractivity contribution in [2.45, 2.75) is 51.1 Å². The minimum atomic E-state index is -3.19. The summed E-state index contributed by atoms with van der Waals surface area (Å²) in [6.07, 6.45) is 11.8. The van der Waals surface area contributed by atoms with E-state index >= 15 is 4.39 Å². The van der Waals surface area contributed by atoms with Gasteiger partial charge in [0.2, 0.25) is 16.0 Å². The van der Waals surface area contributed by atoms with Gasteiger partial charge < -0.3 is 14.8 Å². The Balaban J connectivity index is 1.29. The number of anilines is 2. The van der Waals surface area contributed by atoms with Crippen LogP contribution in [0.5, 0.6) is 0 Å². The standard InChI is InChI=1S/C23H31FN8O2S/c1-3-16-12-25-23(26-13-16)30-8-6-18(7-9-30)32-14-19(24)20-21(27-15-28-22(20)32)29-17-4-10-31(11-5-17)35(2,33)34/h12-15,17-18H,3-11H2,1-2H3,(H,27,28,29). The first-order valence-electron chi connectivity index (χ1n) is 12.1. The van der Waals surface area contributed by atoms with Crippen molar-refractivity contribution in [1.82, 2.24) is 28.8 Å². The smallest absolute Gasteiger partial charge is 0.225 e. The lowest BCUT2D eigenvalue weighted by atomic mass is 10.1. The zero-order valence-electron chi connectivity index (χ0n) is 20.1. The third-order valence-electron chi connectivity index (χ3n) is 7.07. The number of hydrogen-bond donors (Lipinski definition) is 1. The highest BCUT2D eigenvalue weighted by Crippen LogP contribution is 2.32. The van der Waals surface area contributed by atoms with Gasteiger partial charge in [-0.3, -0.25) is 0 Å². The summed E-state index contributed by atoms with van der Waals surface area (Å²) < 4.78 is 42.1. The zero-order chi connectivity index (χ0) is 24.6. The van der Waals surface area contributed by atoms with E-state index in [0.717, 1.165) is 43.9 Å². The largest absolute Gasteiger partial charge is 0.366 e. The first kappa shape index (κ1) is 23.9. The Labute approximate surface area is 204 Å². The highest BCUT2D eigenvalue weighted by atomic mass is 32.2. The summed E-state index contributed by atoms with van der Waals surface area (Å²) >= 11 is 0. The van der Waals surface area contributed by atoms with Gasteiger partial charge >= 0.3 is 0 Å². The van der Waals surface area contributed by atoms with Gasteiger partial charge in [-0.1, -0.05) is 6.92 Å². The molecular weight excluding hydrogens is 471 g/mol. The van der Waals surface area contributed by atoms with Crippen LogP contribution in [0.1, 0.15) is 44.2 Å². The predicted molar refractivity (Wildman–Crippen MR) is 132 cm³/mol. The number of aryl methyl sites for hydroxylation is 1. The highest BCUT2D eigenvalue weighted by Gasteiger charge is 2.28. The minimum Gasteiger partial charge on any atom is -0.366 e. The maximum Gasteiger partial charge on any atom is 0.225 e. The van der Waals surface area contributed by atoms with Crippen molar-refractivity contribution in [2.75, 3.05) is 42.7 Å². The number of sulfonamides is 1. The molecule has 10 nitrogen and oxygen atoms in total. The van der Waals surface area contributed by atoms with Crippen LogP contribution in [0, 0.1) is 5.82 Å². The fraction of sp³-hybridized carbons (Fsp3) is 0.565. The molecule has 2 saturated heterocycles. The summed E-state index contributed by atoms with van der Waals surface area (Å²) in [6, 6.07) is 0.144. The summed E-state index contributed by atoms with van der Waals surface area (Å²) in [5.74, 6) is 0.850. The second kappa shape index (κ2) is 9.65. The molecule has 2 aliphatic heterocycles. The molecule has 1 N–H and O–H groups in total. The number of aromatic nitrogens is 5. The lowest BCUT2D eigenvalue weighted by molar-refractivity contribution is 0.331. The van der Waals surface area contributed by atoms with Crippen molar-refractivity contribution in [3.05, 3.63) is 36.3 Å². The van der Waals surface area contributed by atoms with E-state index in [1.54, 1.807) is 0 Å². The van der Waals surface area contributed by atoms with E-state index in [-0.39, 0.29) is 17.9 Å². The number of nitrogens with zero attached hydrogens (tertiary/aromatic N) is 7. The summed E-state index contributed by atoms with van der Waals surface area (Å²) in [5, 5.41) is 3.73. The molecule has 2 aliphatic rings. The molecule has 3 aromatic rings. The van der Waals surface area contributed by atoms with E-state index in [9.17, 15) is 8.42 Å². The summed E-state index contributed by atoms with van der Waals surface area (Å²) in [5.41, 5.74) is 1.69. The second-order valence-corrected chi connectivity index (χ2v) is 11.3. The summed E-state index contributed by atoms with van der Waals surface area (Å²) in [4.78, 5) is 19.9. The molecule has 35 heavy (non-hydrogen) atoms. The molecule has 0 bridgehead atoms. The Hall–Kier alpha value is -2.86. The number of rotatable bonds is 6. The van der Waals surface area contributed by atoms with Gasteiger partial charge in [-0.2, -0.15) is 0 Å². The van der Waals surface area contributed by atoms with Crippen molar-refractivity contribution in [3.63, 3.8) is 0 Å². The van der Waals surface area contributed by atoms with Crippen LogP contribution in [0.25, 0.3) is 11.0 Å². The van der Waals surface area contributed by atoms with Gasteiger partial charge in [-0.25, -0.2) is 37.0 Å². The van der Waals surface area contributed by atoms with Gasteiger partial charge in [0, 0.05) is 56.9 Å². The van der Waals surface area contributed by atoms with Crippen molar-refractivity contribution in [3.8, 4) is 0 Å². The number of halogens is 1. The first-order chi connectivity index (χ1) is 16.8. The van der Waals surface area contributed by atoms with E-state index in [1.807, 2.05) is 17.0 Å². The SMILES string of the molecule is CCc1cnc(N2CCC(n3cc(F)c4c(NC5CCN(S(C)(=O)=O)CC5)ncnc43)CC2)nc1. The van der Waals surface area contributed by atoms with Crippen LogP contribution < -0.4 is 10.2 Å². The molecule has 0 radical (unpaired) electrons. The van der Waals surface area contributed by atoms with Crippen molar-refractivity contribution in [2.24, 2.45) is 0 Å². The predicted octanol–water partition coefficient (Wildman–Crippen LogP) is 2.60. The molecule has 0 spiro atoms. The normalized spacial score (nSPS) is 18.9. The molecule has 0 aromatic carbocycles. The van der Waals surface area contributed by atoms with Crippen LogP contribution in [0.2, 0.25) is 0 Å². The van der Waals surface area contributed by atoms with Crippen LogP contribution in [-0.4, -0.2) is 75.7 Å². The van der Waals surface area contributed by atoms with Crippen LogP contribution in [0.3, 0.4) is 0 Å². The van der Waals surface area contributed by atoms with E-state index in [0.29, 0.717) is 42.8 Å². The summed E-state index contributed by atoms with van der Waals surface area (Å²) in [6.45, 7) is 4.53. The fourth-order valence-electron chi connectivity index (χ4n) is 4.99. The molecule has 5 rings (SSSR count). The second-order valence-electron chi connectivity index (χ2n) is 9.35. The monoisotopic (exact) mass is 502 g/mol. The molecule has 188 valence electrons. The Kier molecular flexibility index (Phi) is 6.58. The van der Waals surface area contributed by atoms with Crippen LogP contribution in [0.4, 0.5) is 16.2 Å². The van der Waals surface area contributed by atoms with Gasteiger partial charge in [0.25, 0.3) is 0 Å². The lowest BCUT2D eigenvalue weighted by Gasteiger charge is -2.33. The first-order valence-corrected chi connectivity index (χ1v) is 14.0. The third kappa shape index (κ3) is 4.94. The Bertz CT molecular complexity index is 1280. The number of piperidine rings is 2. The summed E-state index contributed by atoms with van der Waals surface area (Å²) in [7, 11) is -3.19. The van der Waals surface area contributed by atoms with E-state index in [1.165, 1.54) is 23.1 Å². The van der Waals surface area contributed by atoms with Crippen LogP contribution in [0.15, 0.2) is 24.9 Å². The molecule has 12 heteroatoms. The van der Waals surface area contributed by atoms with Crippen LogP contribution >= 0.6 is 0 Å². The Morgan fingerprint density at radius 2 is 1.71 bits per heavy atom. The molecule has 0 saturated carbocycles. The van der Waals surface area contributed by atoms with Crippen molar-refractivity contribution in [1.29, 1.82) is 0 Å². The number of fused-ring (bicyclic) bond motifs is 1. The molecule has 0 aliphatic carbocycles. The van der Waals surface area contributed by atoms with Crippen molar-refractivity contribution < 1.29 is 12.8 Å². The van der Waals surface area contributed by atoms with Crippen LogP contribution in [-0.2, 0) is 16.4 Å². The number of nitrogens with one attached hydrogen (secondary N) is 1. The maximum atomic E-state index is 15.1. The molecule has 5 heterocycles. The lowest BCUT2D eigenvalue weighted by Crippen LogP contribution is -2.41. The van der Waals surface area contributed by atoms with Gasteiger partial charge in [0.1, 0.15) is 17.8 Å². The highest BCUT2D eigenvalue weighted by molar-refractivity contribution is 7.88. The maximum absolute atomic E-state index is 15.1. The van der Waals surface area contributed by atoms with Gasteiger partial charge in [0.15, 0.2) is 5.82 Å². The van der Waals surface area contributed by atoms with E-state index < -0.39 is 10.0 Å².